The molecule has 0 bridgehead atoms. The van der Waals surface area contributed by atoms with Crippen LogP contribution in [0.2, 0.25) is 0 Å². The molecule has 0 saturated heterocycles. The minimum absolute atomic E-state index is 0.158. The number of nitrogens with one attached hydrogen (secondary N) is 2. The Balaban J connectivity index is 1.49. The van der Waals surface area contributed by atoms with Gasteiger partial charge < -0.3 is 14.7 Å². The monoisotopic (exact) mass is 380 g/mol. The van der Waals surface area contributed by atoms with Gasteiger partial charge >= 0.3 is 0 Å². The second-order valence-electron chi connectivity index (χ2n) is 6.72. The first kappa shape index (κ1) is 18.2. The fraction of sp³-hybridized carbons (Fsp3) is 0.238. The Morgan fingerprint density at radius 2 is 2.07 bits per heavy atom. The van der Waals surface area contributed by atoms with Crippen LogP contribution in [0.4, 0.5) is 4.39 Å². The number of pyridine rings is 1. The molecule has 0 saturated carbocycles. The molecule has 0 fully saturated rings. The molecule has 0 radical (unpaired) electrons. The molecular formula is C21H21FN4O2. The van der Waals surface area contributed by atoms with Gasteiger partial charge in [0, 0.05) is 23.9 Å². The first-order valence-corrected chi connectivity index (χ1v) is 9.22. The van der Waals surface area contributed by atoms with Gasteiger partial charge in [-0.2, -0.15) is 5.10 Å². The largest absolute Gasteiger partial charge is 0.469 e. The highest BCUT2D eigenvalue weighted by molar-refractivity contribution is 5.80. The van der Waals surface area contributed by atoms with Gasteiger partial charge in [0.25, 0.3) is 5.56 Å². The number of aromatic amines is 1. The molecule has 2 N–H and O–H groups in total. The van der Waals surface area contributed by atoms with E-state index in [2.05, 4.69) is 15.4 Å². The van der Waals surface area contributed by atoms with E-state index in [9.17, 15) is 9.18 Å². The normalized spacial score (nSPS) is 11.4. The molecule has 7 heteroatoms. The van der Waals surface area contributed by atoms with Gasteiger partial charge in [0.2, 0.25) is 0 Å². The minimum atomic E-state index is -0.314. The van der Waals surface area contributed by atoms with Crippen LogP contribution < -0.4 is 10.9 Å². The number of aryl methyl sites for hydroxylation is 2. The van der Waals surface area contributed by atoms with Crippen molar-refractivity contribution in [3.8, 4) is 5.69 Å². The summed E-state index contributed by atoms with van der Waals surface area (Å²) in [4.78, 5) is 15.4. The summed E-state index contributed by atoms with van der Waals surface area (Å²) in [5, 5.41) is 8.68. The van der Waals surface area contributed by atoms with Crippen molar-refractivity contribution < 1.29 is 8.81 Å². The van der Waals surface area contributed by atoms with Gasteiger partial charge in [0.15, 0.2) is 0 Å². The predicted molar refractivity (Wildman–Crippen MR) is 105 cm³/mol. The van der Waals surface area contributed by atoms with E-state index in [-0.39, 0.29) is 11.4 Å². The molecule has 0 amide bonds. The molecule has 0 atom stereocenters. The van der Waals surface area contributed by atoms with Crippen LogP contribution in [0.5, 0.6) is 0 Å². The van der Waals surface area contributed by atoms with Gasteiger partial charge in [0.1, 0.15) is 17.2 Å². The highest BCUT2D eigenvalue weighted by Gasteiger charge is 2.13. The van der Waals surface area contributed by atoms with Gasteiger partial charge in [-0.25, -0.2) is 9.07 Å². The van der Waals surface area contributed by atoms with E-state index >= 15 is 0 Å². The van der Waals surface area contributed by atoms with E-state index in [1.807, 2.05) is 25.1 Å². The summed E-state index contributed by atoms with van der Waals surface area (Å²) in [6, 6.07) is 11.7. The van der Waals surface area contributed by atoms with E-state index in [4.69, 9.17) is 4.42 Å². The fourth-order valence-electron chi connectivity index (χ4n) is 3.23. The third kappa shape index (κ3) is 3.75. The van der Waals surface area contributed by atoms with Gasteiger partial charge in [-0.3, -0.25) is 4.79 Å². The van der Waals surface area contributed by atoms with Crippen LogP contribution in [0, 0.1) is 12.7 Å². The third-order valence-electron chi connectivity index (χ3n) is 4.69. The Labute approximate surface area is 161 Å². The van der Waals surface area contributed by atoms with Crippen LogP contribution in [-0.4, -0.2) is 21.3 Å². The second-order valence-corrected chi connectivity index (χ2v) is 6.72. The number of H-pyrrole nitrogens is 1. The standard InChI is InChI=1S/C21H21FN4O2/c1-14-19-12-15(13-23-10-2-4-18-5-3-11-28-18)21(27)24-20(19)26(25-14)17-8-6-16(22)7-9-17/h3,5-9,11-12,23H,2,4,10,13H2,1H3,(H,24,27). The molecule has 4 aromatic rings. The van der Waals surface area contributed by atoms with Crippen molar-refractivity contribution in [2.45, 2.75) is 26.3 Å². The van der Waals surface area contributed by atoms with E-state index in [0.29, 0.717) is 23.4 Å². The zero-order valence-electron chi connectivity index (χ0n) is 15.5. The summed E-state index contributed by atoms with van der Waals surface area (Å²) in [5.41, 5.74) is 2.60. The Kier molecular flexibility index (Phi) is 5.08. The van der Waals surface area contributed by atoms with E-state index in [1.54, 1.807) is 23.1 Å². The lowest BCUT2D eigenvalue weighted by Crippen LogP contribution is -2.22. The number of rotatable bonds is 7. The number of aromatic nitrogens is 3. The Morgan fingerprint density at radius 1 is 1.25 bits per heavy atom. The summed E-state index contributed by atoms with van der Waals surface area (Å²) in [5.74, 6) is 0.649. The molecule has 0 unspecified atom stereocenters. The fourth-order valence-corrected chi connectivity index (χ4v) is 3.23. The van der Waals surface area contributed by atoms with Gasteiger partial charge in [-0.1, -0.05) is 0 Å². The lowest BCUT2D eigenvalue weighted by molar-refractivity contribution is 0.495. The van der Waals surface area contributed by atoms with Crippen LogP contribution in [-0.2, 0) is 13.0 Å². The topological polar surface area (TPSA) is 75.8 Å². The third-order valence-corrected chi connectivity index (χ3v) is 4.69. The van der Waals surface area contributed by atoms with Crippen LogP contribution in [0.15, 0.2) is 57.9 Å². The van der Waals surface area contributed by atoms with Crippen molar-refractivity contribution in [2.24, 2.45) is 0 Å². The average Bonchev–Trinajstić information content (AvgIpc) is 3.31. The molecule has 0 aliphatic carbocycles. The van der Waals surface area contributed by atoms with E-state index in [0.717, 1.165) is 36.2 Å². The lowest BCUT2D eigenvalue weighted by Gasteiger charge is -2.06. The Morgan fingerprint density at radius 3 is 2.82 bits per heavy atom. The van der Waals surface area contributed by atoms with Crippen molar-refractivity contribution in [3.05, 3.63) is 81.9 Å². The molecule has 3 aromatic heterocycles. The number of benzene rings is 1. The number of fused-ring (bicyclic) bond motifs is 1. The first-order chi connectivity index (χ1) is 13.6. The first-order valence-electron chi connectivity index (χ1n) is 9.22. The van der Waals surface area contributed by atoms with Crippen LogP contribution in [0.1, 0.15) is 23.4 Å². The smallest absolute Gasteiger partial charge is 0.254 e. The number of furan rings is 1. The summed E-state index contributed by atoms with van der Waals surface area (Å²) in [7, 11) is 0. The van der Waals surface area contributed by atoms with Crippen molar-refractivity contribution in [1.82, 2.24) is 20.1 Å². The number of hydrogen-bond acceptors (Lipinski definition) is 4. The highest BCUT2D eigenvalue weighted by Crippen LogP contribution is 2.20. The lowest BCUT2D eigenvalue weighted by atomic mass is 10.2. The maximum Gasteiger partial charge on any atom is 0.254 e. The SMILES string of the molecule is Cc1nn(-c2ccc(F)cc2)c2[nH]c(=O)c(CNCCCc3ccco3)cc12. The predicted octanol–water partition coefficient (Wildman–Crippen LogP) is 3.48. The summed E-state index contributed by atoms with van der Waals surface area (Å²) >= 11 is 0. The van der Waals surface area contributed by atoms with Crippen molar-refractivity contribution in [3.63, 3.8) is 0 Å². The molecule has 3 heterocycles. The summed E-state index contributed by atoms with van der Waals surface area (Å²) < 4.78 is 20.1. The van der Waals surface area contributed by atoms with Crippen LogP contribution >= 0.6 is 0 Å². The van der Waals surface area contributed by atoms with Gasteiger partial charge in [-0.05, 0) is 62.4 Å². The van der Waals surface area contributed by atoms with Crippen molar-refractivity contribution >= 4 is 11.0 Å². The quantitative estimate of drug-likeness (QED) is 0.481. The second kappa shape index (κ2) is 7.82. The number of nitrogens with zero attached hydrogens (tertiary/aromatic N) is 2. The molecule has 0 spiro atoms. The molecule has 0 aliphatic rings. The molecular weight excluding hydrogens is 359 g/mol. The van der Waals surface area contributed by atoms with E-state index in [1.165, 1.54) is 12.1 Å². The van der Waals surface area contributed by atoms with E-state index < -0.39 is 0 Å². The number of hydrogen-bond donors (Lipinski definition) is 2. The maximum absolute atomic E-state index is 13.2. The summed E-state index contributed by atoms with van der Waals surface area (Å²) in [6.45, 7) is 3.15. The van der Waals surface area contributed by atoms with Crippen LogP contribution in [0.3, 0.4) is 0 Å². The van der Waals surface area contributed by atoms with Crippen molar-refractivity contribution in [1.29, 1.82) is 0 Å². The Bertz CT molecular complexity index is 1130. The zero-order valence-corrected chi connectivity index (χ0v) is 15.5. The van der Waals surface area contributed by atoms with Crippen LogP contribution in [0.25, 0.3) is 16.7 Å². The Hall–Kier alpha value is -3.19. The van der Waals surface area contributed by atoms with Gasteiger partial charge in [-0.15, -0.1) is 0 Å². The molecule has 144 valence electrons. The maximum atomic E-state index is 13.2. The molecule has 0 aliphatic heterocycles. The highest BCUT2D eigenvalue weighted by atomic mass is 19.1. The average molecular weight is 380 g/mol. The molecule has 1 aromatic carbocycles. The number of halogens is 1. The zero-order chi connectivity index (χ0) is 19.5. The minimum Gasteiger partial charge on any atom is -0.469 e. The molecule has 6 nitrogen and oxygen atoms in total. The molecule has 28 heavy (non-hydrogen) atoms. The van der Waals surface area contributed by atoms with Crippen molar-refractivity contribution in [2.75, 3.05) is 6.54 Å². The molecule has 4 rings (SSSR count). The summed E-state index contributed by atoms with van der Waals surface area (Å²) in [6.07, 6.45) is 3.46. The van der Waals surface area contributed by atoms with Gasteiger partial charge in [0.05, 0.1) is 17.6 Å².